The van der Waals surface area contributed by atoms with Crippen LogP contribution in [0.15, 0.2) is 91.0 Å². The van der Waals surface area contributed by atoms with Gasteiger partial charge in [-0.05, 0) is 0 Å². The van der Waals surface area contributed by atoms with Gasteiger partial charge in [0.25, 0.3) is 0 Å². The fourth-order valence-electron chi connectivity index (χ4n) is 2.78. The topological polar surface area (TPSA) is 9.23 Å². The van der Waals surface area contributed by atoms with E-state index in [4.69, 9.17) is 11.2 Å². The van der Waals surface area contributed by atoms with Gasteiger partial charge in [0.2, 0.25) is 0 Å². The standard InChI is InChI=1S/C21H16O/c1-2-22-21(18-12-6-3-7-13-18,19-14-8-4-9-15-19)20-16-10-5-11-17-20/h1,3-17H. The Labute approximate surface area is 131 Å². The van der Waals surface area contributed by atoms with E-state index in [0.717, 1.165) is 16.7 Å². The molecule has 0 aliphatic rings. The number of terminal acetylenes is 1. The van der Waals surface area contributed by atoms with Crippen LogP contribution in [0.25, 0.3) is 0 Å². The zero-order valence-corrected chi connectivity index (χ0v) is 12.1. The van der Waals surface area contributed by atoms with Crippen molar-refractivity contribution < 1.29 is 4.74 Å². The van der Waals surface area contributed by atoms with Gasteiger partial charge in [0.05, 0.1) is 0 Å². The van der Waals surface area contributed by atoms with Crippen molar-refractivity contribution in [3.8, 4) is 12.5 Å². The first-order chi connectivity index (χ1) is 10.9. The first-order valence-electron chi connectivity index (χ1n) is 7.18. The lowest BCUT2D eigenvalue weighted by Gasteiger charge is -2.33. The molecule has 0 amide bonds. The fourth-order valence-corrected chi connectivity index (χ4v) is 2.78. The molecular formula is C21H16O. The second-order valence-electron chi connectivity index (χ2n) is 5.00. The maximum atomic E-state index is 5.92. The Morgan fingerprint density at radius 1 is 0.591 bits per heavy atom. The lowest BCUT2D eigenvalue weighted by Crippen LogP contribution is -2.31. The third-order valence-electron chi connectivity index (χ3n) is 3.75. The Kier molecular flexibility index (Phi) is 3.94. The minimum Gasteiger partial charge on any atom is -0.425 e. The molecule has 1 heteroatoms. The molecule has 0 aliphatic carbocycles. The molecule has 0 bridgehead atoms. The molecule has 3 rings (SSSR count). The number of hydrogen-bond acceptors (Lipinski definition) is 1. The summed E-state index contributed by atoms with van der Waals surface area (Å²) in [6, 6.07) is 30.2. The Morgan fingerprint density at radius 2 is 0.909 bits per heavy atom. The molecule has 22 heavy (non-hydrogen) atoms. The molecule has 0 aromatic heterocycles. The van der Waals surface area contributed by atoms with Crippen LogP contribution < -0.4 is 0 Å². The average Bonchev–Trinajstić information content (AvgIpc) is 2.62. The monoisotopic (exact) mass is 284 g/mol. The molecule has 0 unspecified atom stereocenters. The number of hydrogen-bond donors (Lipinski definition) is 0. The lowest BCUT2D eigenvalue weighted by atomic mass is 9.80. The van der Waals surface area contributed by atoms with Gasteiger partial charge in [0.15, 0.2) is 5.60 Å². The van der Waals surface area contributed by atoms with Crippen LogP contribution in [0.2, 0.25) is 0 Å². The van der Waals surface area contributed by atoms with E-state index in [1.165, 1.54) is 0 Å². The highest BCUT2D eigenvalue weighted by atomic mass is 16.5. The van der Waals surface area contributed by atoms with Gasteiger partial charge in [-0.25, -0.2) is 0 Å². The van der Waals surface area contributed by atoms with E-state index in [0.29, 0.717) is 0 Å². The van der Waals surface area contributed by atoms with Crippen molar-refractivity contribution in [2.75, 3.05) is 0 Å². The summed E-state index contributed by atoms with van der Waals surface area (Å²) >= 11 is 0. The molecule has 106 valence electrons. The molecule has 0 spiro atoms. The third-order valence-corrected chi connectivity index (χ3v) is 3.75. The maximum Gasteiger partial charge on any atom is 0.196 e. The zero-order chi connectivity index (χ0) is 15.3. The van der Waals surface area contributed by atoms with Crippen LogP contribution >= 0.6 is 0 Å². The molecule has 0 heterocycles. The molecule has 0 saturated heterocycles. The lowest BCUT2D eigenvalue weighted by molar-refractivity contribution is 0.119. The molecule has 0 aliphatic heterocycles. The second kappa shape index (κ2) is 6.20. The van der Waals surface area contributed by atoms with E-state index in [1.54, 1.807) is 0 Å². The normalized spacial score (nSPS) is 10.7. The number of ether oxygens (including phenoxy) is 1. The van der Waals surface area contributed by atoms with Gasteiger partial charge in [-0.15, -0.1) is 0 Å². The molecule has 0 radical (unpaired) electrons. The summed E-state index contributed by atoms with van der Waals surface area (Å²) in [5.74, 6) is 0. The highest BCUT2D eigenvalue weighted by molar-refractivity contribution is 5.47. The van der Waals surface area contributed by atoms with Crippen LogP contribution in [0.3, 0.4) is 0 Å². The minimum absolute atomic E-state index is 0.807. The summed E-state index contributed by atoms with van der Waals surface area (Å²) in [6.07, 6.45) is 7.96. The van der Waals surface area contributed by atoms with E-state index < -0.39 is 5.60 Å². The van der Waals surface area contributed by atoms with Crippen LogP contribution in [0.5, 0.6) is 0 Å². The van der Waals surface area contributed by atoms with Gasteiger partial charge in [-0.3, -0.25) is 0 Å². The van der Waals surface area contributed by atoms with Crippen molar-refractivity contribution >= 4 is 0 Å². The first-order valence-corrected chi connectivity index (χ1v) is 7.18. The van der Waals surface area contributed by atoms with Crippen molar-refractivity contribution in [1.82, 2.24) is 0 Å². The molecule has 1 nitrogen and oxygen atoms in total. The summed E-state index contributed by atoms with van der Waals surface area (Å²) in [4.78, 5) is 0. The summed E-state index contributed by atoms with van der Waals surface area (Å²) in [5.41, 5.74) is 2.21. The first kappa shape index (κ1) is 14.0. The summed E-state index contributed by atoms with van der Waals surface area (Å²) < 4.78 is 5.92. The molecule has 0 saturated carbocycles. The van der Waals surface area contributed by atoms with Crippen molar-refractivity contribution in [2.24, 2.45) is 0 Å². The molecule has 0 N–H and O–H groups in total. The van der Waals surface area contributed by atoms with Gasteiger partial charge in [-0.2, -0.15) is 0 Å². The van der Waals surface area contributed by atoms with Crippen molar-refractivity contribution in [2.45, 2.75) is 5.60 Å². The number of rotatable bonds is 4. The predicted molar refractivity (Wildman–Crippen MR) is 89.1 cm³/mol. The predicted octanol–water partition coefficient (Wildman–Crippen LogP) is 4.59. The van der Waals surface area contributed by atoms with E-state index >= 15 is 0 Å². The van der Waals surface area contributed by atoms with Gasteiger partial charge in [0, 0.05) is 16.7 Å². The molecule has 3 aromatic carbocycles. The van der Waals surface area contributed by atoms with E-state index in [9.17, 15) is 0 Å². The Hall–Kier alpha value is -2.98. The molecule has 0 fully saturated rings. The second-order valence-corrected chi connectivity index (χ2v) is 5.00. The maximum absolute atomic E-state index is 5.92. The molecule has 0 atom stereocenters. The highest BCUT2D eigenvalue weighted by Crippen LogP contribution is 2.39. The van der Waals surface area contributed by atoms with Crippen LogP contribution in [-0.2, 0) is 10.3 Å². The summed E-state index contributed by atoms with van der Waals surface area (Å²) in [5, 5.41) is 0. The Morgan fingerprint density at radius 3 is 1.18 bits per heavy atom. The van der Waals surface area contributed by atoms with Gasteiger partial charge >= 0.3 is 0 Å². The Bertz CT molecular complexity index is 659. The van der Waals surface area contributed by atoms with Gasteiger partial charge < -0.3 is 4.74 Å². The smallest absolute Gasteiger partial charge is 0.196 e. The van der Waals surface area contributed by atoms with Crippen LogP contribution in [-0.4, -0.2) is 0 Å². The van der Waals surface area contributed by atoms with Crippen LogP contribution in [0.1, 0.15) is 16.7 Å². The van der Waals surface area contributed by atoms with Crippen LogP contribution in [0, 0.1) is 12.5 Å². The van der Waals surface area contributed by atoms with Crippen molar-refractivity contribution in [3.05, 3.63) is 108 Å². The van der Waals surface area contributed by atoms with E-state index in [-0.39, 0.29) is 0 Å². The largest absolute Gasteiger partial charge is 0.425 e. The summed E-state index contributed by atoms with van der Waals surface area (Å²) in [7, 11) is 0. The Balaban J connectivity index is 2.32. The average molecular weight is 284 g/mol. The molecular weight excluding hydrogens is 268 g/mol. The van der Waals surface area contributed by atoms with E-state index in [1.807, 2.05) is 91.0 Å². The fraction of sp³-hybridized carbons (Fsp3) is 0.0476. The van der Waals surface area contributed by atoms with Crippen molar-refractivity contribution in [3.63, 3.8) is 0 Å². The third kappa shape index (κ3) is 2.36. The van der Waals surface area contributed by atoms with Gasteiger partial charge in [0.1, 0.15) is 6.11 Å². The van der Waals surface area contributed by atoms with Crippen LogP contribution in [0.4, 0.5) is 0 Å². The highest BCUT2D eigenvalue weighted by Gasteiger charge is 2.38. The number of benzene rings is 3. The van der Waals surface area contributed by atoms with E-state index in [2.05, 4.69) is 6.11 Å². The minimum atomic E-state index is -0.807. The zero-order valence-electron chi connectivity index (χ0n) is 12.1. The SMILES string of the molecule is C#COC(c1ccccc1)(c1ccccc1)c1ccccc1. The van der Waals surface area contributed by atoms with Gasteiger partial charge in [-0.1, -0.05) is 97.4 Å². The molecule has 3 aromatic rings. The van der Waals surface area contributed by atoms with Crippen molar-refractivity contribution in [1.29, 1.82) is 0 Å². The quantitative estimate of drug-likeness (QED) is 0.503. The summed E-state index contributed by atoms with van der Waals surface area (Å²) in [6.45, 7) is 0.